The van der Waals surface area contributed by atoms with Crippen LogP contribution in [0.3, 0.4) is 0 Å². The van der Waals surface area contributed by atoms with E-state index in [2.05, 4.69) is 26.2 Å². The van der Waals surface area contributed by atoms with Crippen LogP contribution in [0.5, 0.6) is 5.75 Å². The molecule has 0 fully saturated rings. The molecule has 1 aromatic rings. The van der Waals surface area contributed by atoms with E-state index in [9.17, 15) is 4.79 Å². The van der Waals surface area contributed by atoms with Crippen molar-refractivity contribution in [3.63, 3.8) is 0 Å². The first-order valence-corrected chi connectivity index (χ1v) is 6.38. The molecule has 1 heterocycles. The molecule has 0 saturated carbocycles. The SMILES string of the molecule is CC(C)(C)OC(=O)NCCOc1cccnc1Br. The number of pyridine rings is 1. The zero-order chi connectivity index (χ0) is 13.6. The summed E-state index contributed by atoms with van der Waals surface area (Å²) in [5.74, 6) is 0.642. The van der Waals surface area contributed by atoms with Gasteiger partial charge in [-0.3, -0.25) is 0 Å². The van der Waals surface area contributed by atoms with E-state index in [4.69, 9.17) is 9.47 Å². The molecule has 1 amide bonds. The second kappa shape index (κ2) is 6.58. The number of hydrogen-bond acceptors (Lipinski definition) is 4. The molecule has 0 aliphatic heterocycles. The molecule has 5 nitrogen and oxygen atoms in total. The van der Waals surface area contributed by atoms with Crippen LogP contribution in [0, 0.1) is 0 Å². The summed E-state index contributed by atoms with van der Waals surface area (Å²) in [7, 11) is 0. The van der Waals surface area contributed by atoms with Crippen molar-refractivity contribution in [2.75, 3.05) is 13.2 Å². The molecule has 100 valence electrons. The molecule has 0 bridgehead atoms. The molecule has 0 aromatic carbocycles. The zero-order valence-electron chi connectivity index (χ0n) is 10.7. The summed E-state index contributed by atoms with van der Waals surface area (Å²) in [6.45, 7) is 6.17. The Morgan fingerprint density at radius 2 is 2.22 bits per heavy atom. The standard InChI is InChI=1S/C12H17BrN2O3/c1-12(2,3)18-11(16)15-7-8-17-9-5-4-6-14-10(9)13/h4-6H,7-8H2,1-3H3,(H,15,16). The maximum absolute atomic E-state index is 11.3. The predicted octanol–water partition coefficient (Wildman–Crippen LogP) is 2.75. The van der Waals surface area contributed by atoms with Gasteiger partial charge in [-0.15, -0.1) is 0 Å². The van der Waals surface area contributed by atoms with Gasteiger partial charge in [0.1, 0.15) is 16.8 Å². The van der Waals surface area contributed by atoms with Crippen LogP contribution in [0.25, 0.3) is 0 Å². The van der Waals surface area contributed by atoms with Crippen LogP contribution in [0.4, 0.5) is 4.79 Å². The first-order chi connectivity index (χ1) is 8.38. The van der Waals surface area contributed by atoms with Gasteiger partial charge in [0, 0.05) is 6.20 Å². The van der Waals surface area contributed by atoms with Crippen LogP contribution >= 0.6 is 15.9 Å². The summed E-state index contributed by atoms with van der Waals surface area (Å²) < 4.78 is 11.2. The number of ether oxygens (including phenoxy) is 2. The van der Waals surface area contributed by atoms with Gasteiger partial charge in [-0.1, -0.05) is 0 Å². The number of alkyl carbamates (subject to hydrolysis) is 1. The molecule has 0 spiro atoms. The summed E-state index contributed by atoms with van der Waals surface area (Å²) in [6.07, 6.45) is 1.21. The third-order valence-electron chi connectivity index (χ3n) is 1.75. The van der Waals surface area contributed by atoms with Crippen molar-refractivity contribution in [3.05, 3.63) is 22.9 Å². The Kier molecular flexibility index (Phi) is 5.40. The van der Waals surface area contributed by atoms with E-state index in [1.165, 1.54) is 0 Å². The van der Waals surface area contributed by atoms with Gasteiger partial charge in [0.15, 0.2) is 5.75 Å². The van der Waals surface area contributed by atoms with Crippen molar-refractivity contribution < 1.29 is 14.3 Å². The number of nitrogens with one attached hydrogen (secondary N) is 1. The second-order valence-electron chi connectivity index (χ2n) is 4.57. The molecule has 1 rings (SSSR count). The molecular weight excluding hydrogens is 300 g/mol. The molecule has 18 heavy (non-hydrogen) atoms. The quantitative estimate of drug-likeness (QED) is 0.685. The first-order valence-electron chi connectivity index (χ1n) is 5.58. The highest BCUT2D eigenvalue weighted by Crippen LogP contribution is 2.20. The molecule has 0 aliphatic carbocycles. The van der Waals surface area contributed by atoms with Crippen LogP contribution < -0.4 is 10.1 Å². The van der Waals surface area contributed by atoms with Crippen LogP contribution in [0.15, 0.2) is 22.9 Å². The predicted molar refractivity (Wildman–Crippen MR) is 71.7 cm³/mol. The number of amides is 1. The average Bonchev–Trinajstić information content (AvgIpc) is 2.24. The average molecular weight is 317 g/mol. The van der Waals surface area contributed by atoms with E-state index < -0.39 is 11.7 Å². The summed E-state index contributed by atoms with van der Waals surface area (Å²) in [4.78, 5) is 15.3. The number of halogens is 1. The van der Waals surface area contributed by atoms with E-state index in [0.717, 1.165) is 0 Å². The van der Waals surface area contributed by atoms with E-state index in [1.807, 2.05) is 20.8 Å². The fraction of sp³-hybridized carbons (Fsp3) is 0.500. The lowest BCUT2D eigenvalue weighted by atomic mass is 10.2. The topological polar surface area (TPSA) is 60.5 Å². The molecular formula is C12H17BrN2O3. The van der Waals surface area contributed by atoms with Crippen molar-refractivity contribution in [3.8, 4) is 5.75 Å². The molecule has 0 atom stereocenters. The van der Waals surface area contributed by atoms with E-state index in [-0.39, 0.29) is 0 Å². The van der Waals surface area contributed by atoms with Crippen molar-refractivity contribution in [1.82, 2.24) is 10.3 Å². The molecule has 0 aliphatic rings. The number of nitrogens with zero attached hydrogens (tertiary/aromatic N) is 1. The Morgan fingerprint density at radius 3 is 2.83 bits per heavy atom. The minimum absolute atomic E-state index is 0.351. The van der Waals surface area contributed by atoms with Gasteiger partial charge in [0.05, 0.1) is 6.54 Å². The number of carbonyl (C=O) groups is 1. The monoisotopic (exact) mass is 316 g/mol. The van der Waals surface area contributed by atoms with Gasteiger partial charge in [-0.25, -0.2) is 9.78 Å². The maximum atomic E-state index is 11.3. The number of carbonyl (C=O) groups excluding carboxylic acids is 1. The number of rotatable bonds is 4. The lowest BCUT2D eigenvalue weighted by molar-refractivity contribution is 0.0520. The molecule has 0 saturated heterocycles. The smallest absolute Gasteiger partial charge is 0.407 e. The largest absolute Gasteiger partial charge is 0.489 e. The fourth-order valence-electron chi connectivity index (χ4n) is 1.11. The summed E-state index contributed by atoms with van der Waals surface area (Å²) >= 11 is 3.27. The van der Waals surface area contributed by atoms with Gasteiger partial charge < -0.3 is 14.8 Å². The zero-order valence-corrected chi connectivity index (χ0v) is 12.3. The third kappa shape index (κ3) is 5.86. The van der Waals surface area contributed by atoms with Crippen LogP contribution in [-0.2, 0) is 4.74 Å². The molecule has 0 radical (unpaired) electrons. The number of aromatic nitrogens is 1. The Bertz CT molecular complexity index is 405. The van der Waals surface area contributed by atoms with Crippen molar-refractivity contribution in [2.24, 2.45) is 0 Å². The first kappa shape index (κ1) is 14.8. The minimum atomic E-state index is -0.489. The van der Waals surface area contributed by atoms with Crippen LogP contribution in [0.1, 0.15) is 20.8 Å². The Labute approximate surface area is 115 Å². The van der Waals surface area contributed by atoms with E-state index in [1.54, 1.807) is 18.3 Å². The normalized spacial score (nSPS) is 10.9. The van der Waals surface area contributed by atoms with Crippen molar-refractivity contribution in [2.45, 2.75) is 26.4 Å². The van der Waals surface area contributed by atoms with Gasteiger partial charge in [0.25, 0.3) is 0 Å². The second-order valence-corrected chi connectivity index (χ2v) is 5.32. The van der Waals surface area contributed by atoms with E-state index >= 15 is 0 Å². The van der Waals surface area contributed by atoms with E-state index in [0.29, 0.717) is 23.5 Å². The minimum Gasteiger partial charge on any atom is -0.489 e. The number of hydrogen-bond donors (Lipinski definition) is 1. The van der Waals surface area contributed by atoms with Gasteiger partial charge in [-0.05, 0) is 48.8 Å². The summed E-state index contributed by atoms with van der Waals surface area (Å²) in [5, 5.41) is 2.61. The lowest BCUT2D eigenvalue weighted by Crippen LogP contribution is -2.34. The van der Waals surface area contributed by atoms with Crippen LogP contribution in [0.2, 0.25) is 0 Å². The Hall–Kier alpha value is -1.30. The van der Waals surface area contributed by atoms with Gasteiger partial charge in [0.2, 0.25) is 0 Å². The van der Waals surface area contributed by atoms with Crippen molar-refractivity contribution in [1.29, 1.82) is 0 Å². The highest BCUT2D eigenvalue weighted by atomic mass is 79.9. The molecule has 1 aromatic heterocycles. The Morgan fingerprint density at radius 1 is 1.50 bits per heavy atom. The summed E-state index contributed by atoms with van der Waals surface area (Å²) in [5.41, 5.74) is -0.489. The maximum Gasteiger partial charge on any atom is 0.407 e. The highest BCUT2D eigenvalue weighted by Gasteiger charge is 2.15. The molecule has 6 heteroatoms. The molecule has 1 N–H and O–H groups in total. The van der Waals surface area contributed by atoms with Crippen molar-refractivity contribution >= 4 is 22.0 Å². The van der Waals surface area contributed by atoms with Crippen LogP contribution in [-0.4, -0.2) is 29.8 Å². The van der Waals surface area contributed by atoms with Gasteiger partial charge >= 0.3 is 6.09 Å². The molecule has 0 unspecified atom stereocenters. The fourth-order valence-corrected chi connectivity index (χ4v) is 1.47. The van der Waals surface area contributed by atoms with Gasteiger partial charge in [-0.2, -0.15) is 0 Å². The third-order valence-corrected chi connectivity index (χ3v) is 2.35. The highest BCUT2D eigenvalue weighted by molar-refractivity contribution is 9.10. The summed E-state index contributed by atoms with van der Waals surface area (Å²) in [6, 6.07) is 3.58. The Balaban J connectivity index is 2.23. The lowest BCUT2D eigenvalue weighted by Gasteiger charge is -2.19.